The fraction of sp³-hybridized carbons (Fsp3) is 0.500. The molecule has 1 aliphatic carbocycles. The van der Waals surface area contributed by atoms with Crippen molar-refractivity contribution in [2.45, 2.75) is 49.5 Å². The van der Waals surface area contributed by atoms with Crippen molar-refractivity contribution in [2.24, 2.45) is 0 Å². The van der Waals surface area contributed by atoms with Gasteiger partial charge in [-0.25, -0.2) is 8.42 Å². The minimum Gasteiger partial charge on any atom is -0.481 e. The van der Waals surface area contributed by atoms with E-state index in [9.17, 15) is 18.0 Å². The SMILES string of the molecule is CC(C)(C(=O)Nc1cccc(CCC(=O)O)c1)S(=O)(=O)C1CC1. The van der Waals surface area contributed by atoms with Crippen molar-refractivity contribution in [2.75, 3.05) is 5.32 Å². The summed E-state index contributed by atoms with van der Waals surface area (Å²) >= 11 is 0. The van der Waals surface area contributed by atoms with Gasteiger partial charge in [0.15, 0.2) is 9.84 Å². The molecule has 0 heterocycles. The maximum atomic E-state index is 12.4. The molecule has 0 aromatic heterocycles. The first kappa shape index (κ1) is 17.5. The van der Waals surface area contributed by atoms with Gasteiger partial charge in [0.1, 0.15) is 4.75 Å². The van der Waals surface area contributed by atoms with Crippen LogP contribution in [0.25, 0.3) is 0 Å². The Bertz CT molecular complexity index is 720. The Kier molecular flexibility index (Phi) is 4.79. The summed E-state index contributed by atoms with van der Waals surface area (Å²) in [5.74, 6) is -1.46. The van der Waals surface area contributed by atoms with Crippen LogP contribution in [0.1, 0.15) is 38.7 Å². The molecular formula is C16H21NO5S. The quantitative estimate of drug-likeness (QED) is 0.791. The van der Waals surface area contributed by atoms with Gasteiger partial charge in [-0.15, -0.1) is 0 Å². The predicted molar refractivity (Wildman–Crippen MR) is 87.0 cm³/mol. The van der Waals surface area contributed by atoms with Gasteiger partial charge in [0.05, 0.1) is 5.25 Å². The van der Waals surface area contributed by atoms with E-state index >= 15 is 0 Å². The zero-order valence-electron chi connectivity index (χ0n) is 13.2. The topological polar surface area (TPSA) is 101 Å². The van der Waals surface area contributed by atoms with Gasteiger partial charge >= 0.3 is 5.97 Å². The fourth-order valence-corrected chi connectivity index (χ4v) is 4.16. The van der Waals surface area contributed by atoms with E-state index in [1.165, 1.54) is 13.8 Å². The maximum absolute atomic E-state index is 12.4. The third-order valence-electron chi connectivity index (χ3n) is 4.03. The lowest BCUT2D eigenvalue weighted by Gasteiger charge is -2.23. The van der Waals surface area contributed by atoms with Gasteiger partial charge in [0.25, 0.3) is 0 Å². The van der Waals surface area contributed by atoms with E-state index in [2.05, 4.69) is 5.32 Å². The Labute approximate surface area is 135 Å². The van der Waals surface area contributed by atoms with Crippen LogP contribution in [0.4, 0.5) is 5.69 Å². The highest BCUT2D eigenvalue weighted by Crippen LogP contribution is 2.36. The standard InChI is InChI=1S/C16H21NO5S/c1-16(2,23(21,22)13-7-8-13)15(20)17-12-5-3-4-11(10-12)6-9-14(18)19/h3-5,10,13H,6-9H2,1-2H3,(H,17,20)(H,18,19). The molecule has 1 fully saturated rings. The summed E-state index contributed by atoms with van der Waals surface area (Å²) in [6, 6.07) is 6.79. The van der Waals surface area contributed by atoms with Crippen LogP contribution in [-0.2, 0) is 25.8 Å². The smallest absolute Gasteiger partial charge is 0.303 e. The van der Waals surface area contributed by atoms with Crippen molar-refractivity contribution in [3.8, 4) is 0 Å². The van der Waals surface area contributed by atoms with E-state index in [0.717, 1.165) is 5.56 Å². The number of sulfone groups is 1. The summed E-state index contributed by atoms with van der Waals surface area (Å²) in [7, 11) is -3.51. The molecule has 0 bridgehead atoms. The minimum absolute atomic E-state index is 0.00104. The number of carbonyl (C=O) groups excluding carboxylic acids is 1. The van der Waals surface area contributed by atoms with Gasteiger partial charge in [-0.05, 0) is 50.8 Å². The number of carbonyl (C=O) groups is 2. The maximum Gasteiger partial charge on any atom is 0.303 e. The van der Waals surface area contributed by atoms with E-state index in [1.807, 2.05) is 0 Å². The van der Waals surface area contributed by atoms with Crippen LogP contribution in [0, 0.1) is 0 Å². The van der Waals surface area contributed by atoms with Crippen molar-refractivity contribution >= 4 is 27.4 Å². The summed E-state index contributed by atoms with van der Waals surface area (Å²) in [5, 5.41) is 10.9. The second kappa shape index (κ2) is 6.31. The highest BCUT2D eigenvalue weighted by Gasteiger charge is 2.50. The highest BCUT2D eigenvalue weighted by atomic mass is 32.2. The van der Waals surface area contributed by atoms with Crippen LogP contribution >= 0.6 is 0 Å². The lowest BCUT2D eigenvalue weighted by molar-refractivity contribution is -0.137. The summed E-state index contributed by atoms with van der Waals surface area (Å²) in [4.78, 5) is 23.0. The van der Waals surface area contributed by atoms with Crippen LogP contribution in [0.15, 0.2) is 24.3 Å². The summed E-state index contributed by atoms with van der Waals surface area (Å²) in [5.41, 5.74) is 1.24. The number of aliphatic carboxylic acids is 1. The Hall–Kier alpha value is -1.89. The molecule has 0 spiro atoms. The van der Waals surface area contributed by atoms with Gasteiger partial charge < -0.3 is 10.4 Å². The first-order valence-corrected chi connectivity index (χ1v) is 9.05. The summed E-state index contributed by atoms with van der Waals surface area (Å²) in [6.45, 7) is 2.84. The minimum atomic E-state index is -3.51. The fourth-order valence-electron chi connectivity index (χ4n) is 2.26. The van der Waals surface area contributed by atoms with Crippen LogP contribution in [0.5, 0.6) is 0 Å². The monoisotopic (exact) mass is 339 g/mol. The molecule has 1 aliphatic rings. The van der Waals surface area contributed by atoms with Gasteiger partial charge in [-0.2, -0.15) is 0 Å². The zero-order valence-corrected chi connectivity index (χ0v) is 14.0. The number of hydrogen-bond acceptors (Lipinski definition) is 4. The van der Waals surface area contributed by atoms with Gasteiger partial charge in [-0.1, -0.05) is 12.1 Å². The first-order chi connectivity index (χ1) is 10.6. The van der Waals surface area contributed by atoms with Crippen LogP contribution in [0.3, 0.4) is 0 Å². The van der Waals surface area contributed by atoms with Crippen molar-refractivity contribution in [3.63, 3.8) is 0 Å². The van der Waals surface area contributed by atoms with E-state index < -0.39 is 31.7 Å². The largest absolute Gasteiger partial charge is 0.481 e. The third kappa shape index (κ3) is 3.90. The second-order valence-electron chi connectivity index (χ2n) is 6.30. The molecular weight excluding hydrogens is 318 g/mol. The zero-order chi connectivity index (χ0) is 17.3. The van der Waals surface area contributed by atoms with E-state index in [1.54, 1.807) is 24.3 Å². The molecule has 6 nitrogen and oxygen atoms in total. The van der Waals surface area contributed by atoms with E-state index in [4.69, 9.17) is 5.11 Å². The van der Waals surface area contributed by atoms with Gasteiger partial charge in [0, 0.05) is 12.1 Å². The Morgan fingerprint density at radius 2 is 1.96 bits per heavy atom. The Morgan fingerprint density at radius 1 is 1.30 bits per heavy atom. The normalized spacial score (nSPS) is 15.2. The lowest BCUT2D eigenvalue weighted by atomic mass is 10.1. The van der Waals surface area contributed by atoms with Crippen molar-refractivity contribution in [3.05, 3.63) is 29.8 Å². The molecule has 1 aromatic carbocycles. The van der Waals surface area contributed by atoms with Crippen LogP contribution in [-0.4, -0.2) is 35.4 Å². The number of rotatable bonds is 7. The molecule has 2 rings (SSSR count). The number of hydrogen-bond donors (Lipinski definition) is 2. The van der Waals surface area contributed by atoms with Gasteiger partial charge in [-0.3, -0.25) is 9.59 Å². The number of aryl methyl sites for hydroxylation is 1. The van der Waals surface area contributed by atoms with Crippen molar-refractivity contribution in [1.29, 1.82) is 0 Å². The molecule has 7 heteroatoms. The number of anilines is 1. The summed E-state index contributed by atoms with van der Waals surface area (Å²) in [6.07, 6.45) is 1.58. The molecule has 0 unspecified atom stereocenters. The van der Waals surface area contributed by atoms with E-state index in [-0.39, 0.29) is 6.42 Å². The molecule has 0 aliphatic heterocycles. The number of benzene rings is 1. The summed E-state index contributed by atoms with van der Waals surface area (Å²) < 4.78 is 23.2. The molecule has 0 atom stereocenters. The average Bonchev–Trinajstić information content (AvgIpc) is 3.30. The number of carboxylic acid groups (broad SMARTS) is 1. The number of nitrogens with one attached hydrogen (secondary N) is 1. The third-order valence-corrected chi connectivity index (χ3v) is 6.99. The molecule has 2 N–H and O–H groups in total. The molecule has 0 radical (unpaired) electrons. The predicted octanol–water partition coefficient (Wildman–Crippen LogP) is 2.00. The highest BCUT2D eigenvalue weighted by molar-refractivity contribution is 7.94. The molecule has 1 aromatic rings. The van der Waals surface area contributed by atoms with Crippen LogP contribution < -0.4 is 5.32 Å². The molecule has 1 saturated carbocycles. The molecule has 23 heavy (non-hydrogen) atoms. The second-order valence-corrected chi connectivity index (χ2v) is 9.08. The molecule has 0 saturated heterocycles. The average molecular weight is 339 g/mol. The molecule has 1 amide bonds. The van der Waals surface area contributed by atoms with Gasteiger partial charge in [0.2, 0.25) is 5.91 Å². The number of carboxylic acids is 1. The lowest BCUT2D eigenvalue weighted by Crippen LogP contribution is -2.46. The Balaban J connectivity index is 2.10. The van der Waals surface area contributed by atoms with E-state index in [0.29, 0.717) is 24.9 Å². The molecule has 126 valence electrons. The Morgan fingerprint density at radius 3 is 2.52 bits per heavy atom. The first-order valence-electron chi connectivity index (χ1n) is 7.50. The van der Waals surface area contributed by atoms with Crippen molar-refractivity contribution in [1.82, 2.24) is 0 Å². The number of amides is 1. The van der Waals surface area contributed by atoms with Crippen LogP contribution in [0.2, 0.25) is 0 Å². The van der Waals surface area contributed by atoms with Crippen molar-refractivity contribution < 1.29 is 23.1 Å².